The third-order valence-corrected chi connectivity index (χ3v) is 2.39. The predicted molar refractivity (Wildman–Crippen MR) is 53.8 cm³/mol. The van der Waals surface area contributed by atoms with Gasteiger partial charge >= 0.3 is 0 Å². The van der Waals surface area contributed by atoms with E-state index in [1.54, 1.807) is 4.68 Å². The summed E-state index contributed by atoms with van der Waals surface area (Å²) >= 11 is 6.27. The van der Waals surface area contributed by atoms with Gasteiger partial charge in [0.15, 0.2) is 9.77 Å². The van der Waals surface area contributed by atoms with Crippen molar-refractivity contribution in [2.75, 3.05) is 5.32 Å². The van der Waals surface area contributed by atoms with E-state index in [0.717, 1.165) is 10.9 Å². The fraction of sp³-hybridized carbons (Fsp3) is 0.167. The number of rotatable bonds is 2. The SMILES string of the molecule is Cn1ccc(Nc2n[nH]c(=S)s2)n1. The van der Waals surface area contributed by atoms with Gasteiger partial charge in [-0.05, 0) is 12.2 Å². The summed E-state index contributed by atoms with van der Waals surface area (Å²) in [5, 5.41) is 14.5. The Kier molecular flexibility index (Phi) is 2.11. The highest BCUT2D eigenvalue weighted by molar-refractivity contribution is 7.73. The Bertz CT molecular complexity index is 453. The molecule has 0 fully saturated rings. The van der Waals surface area contributed by atoms with Gasteiger partial charge in [0, 0.05) is 19.3 Å². The number of anilines is 2. The van der Waals surface area contributed by atoms with Gasteiger partial charge in [-0.15, -0.1) is 5.10 Å². The molecule has 0 saturated carbocycles. The number of hydrogen-bond acceptors (Lipinski definition) is 5. The highest BCUT2D eigenvalue weighted by Crippen LogP contribution is 2.16. The maximum Gasteiger partial charge on any atom is 0.209 e. The monoisotopic (exact) mass is 213 g/mol. The van der Waals surface area contributed by atoms with Crippen LogP contribution in [0.25, 0.3) is 0 Å². The zero-order valence-corrected chi connectivity index (χ0v) is 8.45. The molecule has 0 aromatic carbocycles. The van der Waals surface area contributed by atoms with Crippen molar-refractivity contribution in [2.45, 2.75) is 0 Å². The van der Waals surface area contributed by atoms with Crippen LogP contribution < -0.4 is 5.32 Å². The lowest BCUT2D eigenvalue weighted by Gasteiger charge is -1.93. The van der Waals surface area contributed by atoms with Crippen LogP contribution in [0.3, 0.4) is 0 Å². The molecule has 0 amide bonds. The van der Waals surface area contributed by atoms with Gasteiger partial charge in [-0.25, -0.2) is 0 Å². The molecule has 0 bridgehead atoms. The lowest BCUT2D eigenvalue weighted by atomic mass is 10.6. The van der Waals surface area contributed by atoms with Crippen LogP contribution in [-0.2, 0) is 7.05 Å². The Morgan fingerprint density at radius 1 is 1.69 bits per heavy atom. The molecule has 0 saturated heterocycles. The molecule has 2 aromatic rings. The highest BCUT2D eigenvalue weighted by atomic mass is 32.1. The van der Waals surface area contributed by atoms with Gasteiger partial charge in [0.05, 0.1) is 0 Å². The number of aromatic amines is 1. The fourth-order valence-electron chi connectivity index (χ4n) is 0.875. The van der Waals surface area contributed by atoms with Crippen molar-refractivity contribution in [3.63, 3.8) is 0 Å². The van der Waals surface area contributed by atoms with Gasteiger partial charge in [-0.2, -0.15) is 5.10 Å². The van der Waals surface area contributed by atoms with Gasteiger partial charge in [0.25, 0.3) is 0 Å². The van der Waals surface area contributed by atoms with Crippen LogP contribution in [0, 0.1) is 3.95 Å². The zero-order valence-electron chi connectivity index (χ0n) is 6.81. The van der Waals surface area contributed by atoms with Crippen LogP contribution in [0.2, 0.25) is 0 Å². The summed E-state index contributed by atoms with van der Waals surface area (Å²) in [5.41, 5.74) is 0. The lowest BCUT2D eigenvalue weighted by Crippen LogP contribution is -1.92. The minimum absolute atomic E-state index is 0.651. The number of hydrogen-bond donors (Lipinski definition) is 2. The van der Waals surface area contributed by atoms with Crippen molar-refractivity contribution in [1.82, 2.24) is 20.0 Å². The summed E-state index contributed by atoms with van der Waals surface area (Å²) in [5.74, 6) is 0.764. The summed E-state index contributed by atoms with van der Waals surface area (Å²) in [6.45, 7) is 0. The van der Waals surface area contributed by atoms with Gasteiger partial charge in [-0.1, -0.05) is 11.3 Å². The van der Waals surface area contributed by atoms with Gasteiger partial charge < -0.3 is 5.32 Å². The van der Waals surface area contributed by atoms with E-state index in [1.807, 2.05) is 19.3 Å². The molecule has 7 heteroatoms. The first kappa shape index (κ1) is 8.39. The molecule has 0 radical (unpaired) electrons. The number of H-pyrrole nitrogens is 1. The van der Waals surface area contributed by atoms with Gasteiger partial charge in [0.1, 0.15) is 0 Å². The van der Waals surface area contributed by atoms with Crippen molar-refractivity contribution in [2.24, 2.45) is 7.05 Å². The molecule has 0 atom stereocenters. The number of aryl methyl sites for hydroxylation is 1. The van der Waals surface area contributed by atoms with E-state index in [-0.39, 0.29) is 0 Å². The third kappa shape index (κ3) is 1.93. The van der Waals surface area contributed by atoms with Crippen molar-refractivity contribution in [3.05, 3.63) is 16.2 Å². The maximum absolute atomic E-state index is 4.89. The Morgan fingerprint density at radius 2 is 2.54 bits per heavy atom. The molecule has 0 spiro atoms. The number of nitrogens with one attached hydrogen (secondary N) is 2. The molecule has 2 heterocycles. The summed E-state index contributed by atoms with van der Waals surface area (Å²) in [7, 11) is 1.86. The molecule has 5 nitrogen and oxygen atoms in total. The second-order valence-corrected chi connectivity index (χ2v) is 4.08. The van der Waals surface area contributed by atoms with Crippen LogP contribution >= 0.6 is 23.6 Å². The average molecular weight is 213 g/mol. The largest absolute Gasteiger partial charge is 0.313 e. The van der Waals surface area contributed by atoms with Crippen molar-refractivity contribution in [1.29, 1.82) is 0 Å². The summed E-state index contributed by atoms with van der Waals surface area (Å²) < 4.78 is 2.37. The first-order valence-electron chi connectivity index (χ1n) is 3.56. The first-order valence-corrected chi connectivity index (χ1v) is 4.79. The van der Waals surface area contributed by atoms with E-state index < -0.39 is 0 Å². The lowest BCUT2D eigenvalue weighted by molar-refractivity contribution is 0.771. The molecular weight excluding hydrogens is 206 g/mol. The predicted octanol–water partition coefficient (Wildman–Crippen LogP) is 1.68. The normalized spacial score (nSPS) is 10.2. The van der Waals surface area contributed by atoms with E-state index in [0.29, 0.717) is 3.95 Å². The van der Waals surface area contributed by atoms with E-state index in [4.69, 9.17) is 12.2 Å². The fourth-order valence-corrected chi connectivity index (χ4v) is 1.67. The van der Waals surface area contributed by atoms with Crippen LogP contribution in [0.4, 0.5) is 10.9 Å². The van der Waals surface area contributed by atoms with Crippen molar-refractivity contribution in [3.8, 4) is 0 Å². The first-order chi connectivity index (χ1) is 6.24. The molecule has 2 aromatic heterocycles. The second kappa shape index (κ2) is 3.27. The zero-order chi connectivity index (χ0) is 9.26. The quantitative estimate of drug-likeness (QED) is 0.745. The topological polar surface area (TPSA) is 58.5 Å². The Morgan fingerprint density at radius 3 is 3.08 bits per heavy atom. The molecule has 0 unspecified atom stereocenters. The van der Waals surface area contributed by atoms with Crippen LogP contribution in [0.1, 0.15) is 0 Å². The molecule has 2 N–H and O–H groups in total. The van der Waals surface area contributed by atoms with Gasteiger partial charge in [0.2, 0.25) is 5.13 Å². The summed E-state index contributed by atoms with van der Waals surface area (Å²) in [6, 6.07) is 1.87. The molecule has 0 aliphatic rings. The molecular formula is C6H7N5S2. The Hall–Kier alpha value is -1.21. The summed E-state index contributed by atoms with van der Waals surface area (Å²) in [4.78, 5) is 0. The van der Waals surface area contributed by atoms with Crippen molar-refractivity contribution >= 4 is 34.5 Å². The molecule has 68 valence electrons. The maximum atomic E-state index is 4.89. The van der Waals surface area contributed by atoms with E-state index in [1.165, 1.54) is 11.3 Å². The Labute approximate surface area is 83.4 Å². The Balaban J connectivity index is 2.19. The van der Waals surface area contributed by atoms with Crippen molar-refractivity contribution < 1.29 is 0 Å². The minimum Gasteiger partial charge on any atom is -0.313 e. The van der Waals surface area contributed by atoms with Crippen LogP contribution in [0.15, 0.2) is 12.3 Å². The second-order valence-electron chi connectivity index (χ2n) is 2.42. The molecule has 13 heavy (non-hydrogen) atoms. The smallest absolute Gasteiger partial charge is 0.209 e. The highest BCUT2D eigenvalue weighted by Gasteiger charge is 1.99. The van der Waals surface area contributed by atoms with E-state index in [9.17, 15) is 0 Å². The molecule has 2 rings (SSSR count). The number of nitrogens with zero attached hydrogens (tertiary/aromatic N) is 3. The molecule has 0 aliphatic carbocycles. The third-order valence-electron chi connectivity index (χ3n) is 1.39. The molecule has 0 aliphatic heterocycles. The van der Waals surface area contributed by atoms with Crippen LogP contribution in [0.5, 0.6) is 0 Å². The van der Waals surface area contributed by atoms with E-state index >= 15 is 0 Å². The summed E-state index contributed by atoms with van der Waals surface area (Å²) in [6.07, 6.45) is 1.86. The minimum atomic E-state index is 0.651. The average Bonchev–Trinajstić information content (AvgIpc) is 2.62. The van der Waals surface area contributed by atoms with Gasteiger partial charge in [-0.3, -0.25) is 9.78 Å². The van der Waals surface area contributed by atoms with E-state index in [2.05, 4.69) is 20.6 Å². The number of aromatic nitrogens is 4. The standard InChI is InChI=1S/C6H7N5S2/c1-11-3-2-4(10-11)7-5-8-9-6(12)13-5/h2-3H,1H3,(H,9,12)(H,7,8,10). The van der Waals surface area contributed by atoms with Crippen LogP contribution in [-0.4, -0.2) is 20.0 Å².